The summed E-state index contributed by atoms with van der Waals surface area (Å²) in [6.07, 6.45) is 2.81. The number of aliphatic imine (C=N–C) groups is 1. The Balaban J connectivity index is 1.22. The Hall–Kier alpha value is -3.87. The van der Waals surface area contributed by atoms with E-state index in [-0.39, 0.29) is 12.4 Å². The Labute approximate surface area is 212 Å². The van der Waals surface area contributed by atoms with Crippen LogP contribution >= 0.6 is 0 Å². The van der Waals surface area contributed by atoms with Crippen LogP contribution in [0, 0.1) is 0 Å². The lowest BCUT2D eigenvalue weighted by molar-refractivity contribution is -0.0264. The van der Waals surface area contributed by atoms with E-state index in [2.05, 4.69) is 9.89 Å². The number of aromatic nitrogens is 4. The number of hydrazine groups is 1. The van der Waals surface area contributed by atoms with Crippen LogP contribution in [0.25, 0.3) is 5.78 Å². The van der Waals surface area contributed by atoms with Gasteiger partial charge in [-0.3, -0.25) is 14.6 Å². The molecule has 37 heavy (non-hydrogen) atoms. The molecule has 0 radical (unpaired) electrons. The summed E-state index contributed by atoms with van der Waals surface area (Å²) < 4.78 is 15.8. The van der Waals surface area contributed by atoms with Gasteiger partial charge in [-0.2, -0.15) is 4.98 Å². The van der Waals surface area contributed by atoms with E-state index in [9.17, 15) is 9.90 Å². The van der Waals surface area contributed by atoms with Crippen LogP contribution in [0.1, 0.15) is 29.9 Å². The Kier molecular flexibility index (Phi) is 5.66. The predicted octanol–water partition coefficient (Wildman–Crippen LogP) is 0.908. The van der Waals surface area contributed by atoms with Crippen LogP contribution in [0.15, 0.2) is 56.9 Å². The van der Waals surface area contributed by atoms with Gasteiger partial charge in [-0.25, -0.2) is 19.8 Å². The van der Waals surface area contributed by atoms with Gasteiger partial charge in [0.1, 0.15) is 23.8 Å². The van der Waals surface area contributed by atoms with E-state index in [1.165, 1.54) is 9.69 Å². The lowest BCUT2D eigenvalue weighted by atomic mass is 9.84. The van der Waals surface area contributed by atoms with Crippen LogP contribution in [-0.4, -0.2) is 67.9 Å². The van der Waals surface area contributed by atoms with Gasteiger partial charge in [0.05, 0.1) is 19.0 Å². The van der Waals surface area contributed by atoms with Crippen LogP contribution in [-0.2, 0) is 19.2 Å². The number of furan rings is 1. The zero-order chi connectivity index (χ0) is 25.7. The number of fused-ring (bicyclic) bond motifs is 3. The number of nitrogens with two attached hydrogens (primary N) is 1. The highest BCUT2D eigenvalue weighted by atomic mass is 16.5. The van der Waals surface area contributed by atoms with Gasteiger partial charge in [-0.15, -0.1) is 0 Å². The van der Waals surface area contributed by atoms with Crippen molar-refractivity contribution in [2.75, 3.05) is 38.4 Å². The molecule has 0 spiro atoms. The first kappa shape index (κ1) is 23.5. The molecule has 12 nitrogen and oxygen atoms in total. The SMILES string of the molecule is COc1ccc(C2(O)CCN(CCn3c(=O)n(C)n4c5c(nc34)N(N)CN=C5c3ccco3)CC2)cc1. The number of hydrogen-bond acceptors (Lipinski definition) is 9. The third kappa shape index (κ3) is 3.84. The summed E-state index contributed by atoms with van der Waals surface area (Å²) in [5.74, 6) is 8.59. The Morgan fingerprint density at radius 1 is 1.16 bits per heavy atom. The van der Waals surface area contributed by atoms with E-state index in [1.54, 1.807) is 35.6 Å². The minimum atomic E-state index is -0.867. The molecular weight excluding hydrogens is 476 g/mol. The lowest BCUT2D eigenvalue weighted by Crippen LogP contribution is -2.44. The molecule has 1 fully saturated rings. The first-order valence-corrected chi connectivity index (χ1v) is 12.3. The molecule has 0 amide bonds. The Bertz CT molecular complexity index is 1500. The van der Waals surface area contributed by atoms with Gasteiger partial charge in [0, 0.05) is 33.2 Å². The fraction of sp³-hybridized carbons (Fsp3) is 0.400. The van der Waals surface area contributed by atoms with Crippen molar-refractivity contribution in [3.05, 3.63) is 70.2 Å². The van der Waals surface area contributed by atoms with Crippen LogP contribution in [0.3, 0.4) is 0 Å². The van der Waals surface area contributed by atoms with Crippen molar-refractivity contribution >= 4 is 17.3 Å². The van der Waals surface area contributed by atoms with E-state index in [0.29, 0.717) is 54.7 Å². The van der Waals surface area contributed by atoms with E-state index < -0.39 is 5.60 Å². The lowest BCUT2D eigenvalue weighted by Gasteiger charge is -2.38. The van der Waals surface area contributed by atoms with E-state index in [0.717, 1.165) is 24.4 Å². The maximum Gasteiger partial charge on any atom is 0.345 e. The highest BCUT2D eigenvalue weighted by molar-refractivity contribution is 6.14. The number of nitrogens with zero attached hydrogens (tertiary/aromatic N) is 7. The average Bonchev–Trinajstić information content (AvgIpc) is 3.63. The molecule has 3 N–H and O–H groups in total. The van der Waals surface area contributed by atoms with E-state index in [4.69, 9.17) is 20.0 Å². The molecule has 6 rings (SSSR count). The Morgan fingerprint density at radius 3 is 2.59 bits per heavy atom. The maximum atomic E-state index is 13.2. The largest absolute Gasteiger partial charge is 0.497 e. The molecule has 5 heterocycles. The number of hydrogen-bond donors (Lipinski definition) is 2. The fourth-order valence-corrected chi connectivity index (χ4v) is 5.27. The zero-order valence-electron chi connectivity index (χ0n) is 20.9. The topological polar surface area (TPSA) is 132 Å². The number of methoxy groups -OCH3 is 1. The summed E-state index contributed by atoms with van der Waals surface area (Å²) in [6.45, 7) is 2.79. The van der Waals surface area contributed by atoms with Crippen molar-refractivity contribution in [3.63, 3.8) is 0 Å². The number of rotatable bonds is 6. The highest BCUT2D eigenvalue weighted by Gasteiger charge is 2.35. The van der Waals surface area contributed by atoms with Crippen molar-refractivity contribution in [1.82, 2.24) is 23.6 Å². The molecule has 2 aliphatic rings. The molecule has 1 aromatic carbocycles. The summed E-state index contributed by atoms with van der Waals surface area (Å²) in [5, 5.41) is 12.7. The number of likely N-dealkylation sites (tertiary alicyclic amines) is 1. The first-order valence-electron chi connectivity index (χ1n) is 12.3. The number of piperidine rings is 1. The molecule has 0 bridgehead atoms. The van der Waals surface area contributed by atoms with Crippen LogP contribution in [0.2, 0.25) is 0 Å². The monoisotopic (exact) mass is 506 g/mol. The van der Waals surface area contributed by atoms with Gasteiger partial charge in [-0.1, -0.05) is 12.1 Å². The quantitative estimate of drug-likeness (QED) is 0.369. The van der Waals surface area contributed by atoms with Crippen molar-refractivity contribution in [1.29, 1.82) is 0 Å². The molecule has 4 aromatic rings. The average molecular weight is 507 g/mol. The van der Waals surface area contributed by atoms with Gasteiger partial charge < -0.3 is 19.2 Å². The minimum Gasteiger partial charge on any atom is -0.497 e. The van der Waals surface area contributed by atoms with Gasteiger partial charge in [0.25, 0.3) is 0 Å². The second kappa shape index (κ2) is 8.91. The smallest absolute Gasteiger partial charge is 0.345 e. The van der Waals surface area contributed by atoms with Crippen molar-refractivity contribution < 1.29 is 14.3 Å². The van der Waals surface area contributed by atoms with Crippen LogP contribution < -0.4 is 21.3 Å². The van der Waals surface area contributed by atoms with Crippen molar-refractivity contribution in [2.24, 2.45) is 17.9 Å². The Morgan fingerprint density at radius 2 is 1.92 bits per heavy atom. The molecule has 1 saturated heterocycles. The zero-order valence-corrected chi connectivity index (χ0v) is 20.9. The van der Waals surface area contributed by atoms with Crippen LogP contribution in [0.4, 0.5) is 5.82 Å². The van der Waals surface area contributed by atoms with Gasteiger partial charge in [0.2, 0.25) is 5.78 Å². The number of ether oxygens (including phenoxy) is 1. The van der Waals surface area contributed by atoms with Crippen LogP contribution in [0.5, 0.6) is 5.75 Å². The molecule has 0 unspecified atom stereocenters. The second-order valence-electron chi connectivity index (χ2n) is 9.55. The summed E-state index contributed by atoms with van der Waals surface area (Å²) in [4.78, 5) is 24.8. The number of anilines is 1. The second-order valence-corrected chi connectivity index (χ2v) is 9.55. The normalized spacial score (nSPS) is 17.7. The molecule has 194 valence electrons. The molecule has 0 aliphatic carbocycles. The molecule has 3 aromatic heterocycles. The maximum absolute atomic E-state index is 13.2. The highest BCUT2D eigenvalue weighted by Crippen LogP contribution is 2.34. The third-order valence-corrected chi connectivity index (χ3v) is 7.45. The molecule has 0 atom stereocenters. The van der Waals surface area contributed by atoms with Gasteiger partial charge >= 0.3 is 5.69 Å². The standard InChI is InChI=1S/C25H30N8O4/c1-29-24(34)31(14-13-30-11-9-25(35,10-12-30)17-5-7-18(36-2)8-6-17)23-28-22-21(33(23)29)20(27-16-32(22)26)19-4-3-15-37-19/h3-8,15,35H,9-14,16,26H2,1-2H3. The molecular formula is C25H30N8O4. The van der Waals surface area contributed by atoms with Crippen molar-refractivity contribution in [3.8, 4) is 5.75 Å². The summed E-state index contributed by atoms with van der Waals surface area (Å²) in [7, 11) is 3.34. The molecule has 12 heteroatoms. The molecule has 2 aliphatic heterocycles. The predicted molar refractivity (Wildman–Crippen MR) is 137 cm³/mol. The summed E-state index contributed by atoms with van der Waals surface area (Å²) >= 11 is 0. The minimum absolute atomic E-state index is 0.176. The van der Waals surface area contributed by atoms with E-state index >= 15 is 0 Å². The number of benzene rings is 1. The third-order valence-electron chi connectivity index (χ3n) is 7.45. The van der Waals surface area contributed by atoms with Gasteiger partial charge in [-0.05, 0) is 42.7 Å². The van der Waals surface area contributed by atoms with E-state index in [1.807, 2.05) is 30.3 Å². The fourth-order valence-electron chi connectivity index (χ4n) is 5.27. The first-order chi connectivity index (χ1) is 17.9. The van der Waals surface area contributed by atoms with Gasteiger partial charge in [0.15, 0.2) is 11.6 Å². The molecule has 0 saturated carbocycles. The number of aliphatic hydroxyl groups is 1. The number of aryl methyl sites for hydroxylation is 1. The number of imidazole rings is 1. The summed E-state index contributed by atoms with van der Waals surface area (Å²) in [5.41, 5.74) is 1.09. The van der Waals surface area contributed by atoms with Crippen molar-refractivity contribution in [2.45, 2.75) is 25.0 Å². The summed E-state index contributed by atoms with van der Waals surface area (Å²) in [6, 6.07) is 11.2.